The zero-order valence-electron chi connectivity index (χ0n) is 15.7. The van der Waals surface area contributed by atoms with Gasteiger partial charge in [-0.05, 0) is 36.2 Å². The Hall–Kier alpha value is -2.51. The molecule has 0 unspecified atom stereocenters. The molecule has 2 N–H and O–H groups in total. The molecule has 29 heavy (non-hydrogen) atoms. The van der Waals surface area contributed by atoms with Crippen LogP contribution in [0.15, 0.2) is 48.5 Å². The highest BCUT2D eigenvalue weighted by Crippen LogP contribution is 2.48. The van der Waals surface area contributed by atoms with Gasteiger partial charge in [0.25, 0.3) is 5.91 Å². The molecule has 2 aromatic carbocycles. The Morgan fingerprint density at radius 2 is 2.03 bits per heavy atom. The minimum Gasteiger partial charge on any atom is -0.350 e. The predicted molar refractivity (Wildman–Crippen MR) is 113 cm³/mol. The van der Waals surface area contributed by atoms with Crippen LogP contribution in [0.25, 0.3) is 0 Å². The number of halogens is 1. The van der Waals surface area contributed by atoms with Gasteiger partial charge in [-0.1, -0.05) is 41.9 Å². The van der Waals surface area contributed by atoms with Crippen LogP contribution < -0.4 is 10.6 Å². The van der Waals surface area contributed by atoms with Gasteiger partial charge in [-0.3, -0.25) is 14.4 Å². The van der Waals surface area contributed by atoms with Crippen molar-refractivity contribution in [3.05, 3.63) is 70.2 Å². The first-order chi connectivity index (χ1) is 14.0. The molecule has 0 aliphatic carbocycles. The number of fused-ring (bicyclic) bond motifs is 3. The van der Waals surface area contributed by atoms with Crippen molar-refractivity contribution in [2.24, 2.45) is 0 Å². The van der Waals surface area contributed by atoms with Crippen molar-refractivity contribution in [3.63, 3.8) is 0 Å². The second-order valence-corrected chi connectivity index (χ2v) is 8.63. The molecule has 0 aromatic heterocycles. The Labute approximate surface area is 178 Å². The van der Waals surface area contributed by atoms with Crippen molar-refractivity contribution < 1.29 is 14.4 Å². The summed E-state index contributed by atoms with van der Waals surface area (Å²) in [6.45, 7) is 1.95. The van der Waals surface area contributed by atoms with Gasteiger partial charge in [0.15, 0.2) is 0 Å². The van der Waals surface area contributed by atoms with E-state index >= 15 is 0 Å². The van der Waals surface area contributed by atoms with Gasteiger partial charge in [-0.2, -0.15) is 0 Å². The fourth-order valence-corrected chi connectivity index (χ4v) is 5.28. The summed E-state index contributed by atoms with van der Waals surface area (Å²) in [5.41, 5.74) is 2.47. The van der Waals surface area contributed by atoms with Crippen LogP contribution in [0.3, 0.4) is 0 Å². The minimum atomic E-state index is -0.717. The number of hydrogen-bond acceptors (Lipinski definition) is 4. The summed E-state index contributed by atoms with van der Waals surface area (Å²) in [7, 11) is 0. The Bertz CT molecular complexity index is 983. The Kier molecular flexibility index (Phi) is 5.52. The van der Waals surface area contributed by atoms with Crippen LogP contribution in [0, 0.1) is 0 Å². The smallest absolute Gasteiger partial charge is 0.256 e. The summed E-state index contributed by atoms with van der Waals surface area (Å²) in [5, 5.41) is 6.00. The number of benzene rings is 2. The Balaban J connectivity index is 1.36. The van der Waals surface area contributed by atoms with Crippen molar-refractivity contribution in [1.29, 1.82) is 0 Å². The molecule has 0 radical (unpaired) electrons. The zero-order chi connectivity index (χ0) is 20.5. The number of rotatable bonds is 5. The van der Waals surface area contributed by atoms with Gasteiger partial charge in [0, 0.05) is 22.9 Å². The van der Waals surface area contributed by atoms with Crippen molar-refractivity contribution in [1.82, 2.24) is 15.5 Å². The van der Waals surface area contributed by atoms with Crippen molar-refractivity contribution >= 4 is 41.1 Å². The summed E-state index contributed by atoms with van der Waals surface area (Å²) >= 11 is 7.52. The van der Waals surface area contributed by atoms with Crippen LogP contribution in [0.1, 0.15) is 33.8 Å². The third kappa shape index (κ3) is 3.84. The molecule has 3 atom stereocenters. The molecule has 150 valence electrons. The normalized spacial score (nSPS) is 20.8. The molecular weight excluding hydrogens is 410 g/mol. The van der Waals surface area contributed by atoms with E-state index in [1.54, 1.807) is 41.8 Å². The molecule has 2 aliphatic rings. The van der Waals surface area contributed by atoms with E-state index in [4.69, 9.17) is 11.6 Å². The molecule has 0 saturated carbocycles. The topological polar surface area (TPSA) is 78.5 Å². The molecule has 8 heteroatoms. The molecule has 2 aliphatic heterocycles. The van der Waals surface area contributed by atoms with E-state index in [-0.39, 0.29) is 23.1 Å². The standard InChI is InChI=1S/C21H20ClN3O3S/c1-12(18(26)23-10-13-5-4-6-14(22)9-13)24-19(27)17-11-29-21-16-8-3-2-7-15(16)20(28)25(17)21/h2-9,12,17,21H,10-11H2,1H3,(H,23,26)(H,24,27)/t12-,17-,21-/m0/s1. The highest BCUT2D eigenvalue weighted by Gasteiger charge is 2.48. The fraction of sp³-hybridized carbons (Fsp3) is 0.286. The third-order valence-corrected chi connectivity index (χ3v) is 6.64. The molecule has 0 bridgehead atoms. The van der Waals surface area contributed by atoms with Gasteiger partial charge in [-0.15, -0.1) is 11.8 Å². The SMILES string of the molecule is C[C@H](NC(=O)[C@@H]1CS[C@H]2c3ccccc3C(=O)N12)C(=O)NCc1cccc(Cl)c1. The molecule has 3 amide bonds. The number of amides is 3. The highest BCUT2D eigenvalue weighted by atomic mass is 35.5. The number of nitrogens with one attached hydrogen (secondary N) is 2. The van der Waals surface area contributed by atoms with Crippen LogP contribution in [0.4, 0.5) is 0 Å². The highest BCUT2D eigenvalue weighted by molar-refractivity contribution is 7.99. The largest absolute Gasteiger partial charge is 0.350 e. The Morgan fingerprint density at radius 3 is 2.83 bits per heavy atom. The van der Waals surface area contributed by atoms with Crippen LogP contribution in [0.5, 0.6) is 0 Å². The number of hydrogen-bond donors (Lipinski definition) is 2. The Morgan fingerprint density at radius 1 is 1.24 bits per heavy atom. The maximum absolute atomic E-state index is 12.8. The maximum atomic E-state index is 12.8. The monoisotopic (exact) mass is 429 g/mol. The zero-order valence-corrected chi connectivity index (χ0v) is 17.3. The van der Waals surface area contributed by atoms with E-state index in [1.165, 1.54) is 0 Å². The number of nitrogens with zero attached hydrogens (tertiary/aromatic N) is 1. The van der Waals surface area contributed by atoms with Crippen LogP contribution in [0.2, 0.25) is 5.02 Å². The van der Waals surface area contributed by atoms with E-state index in [2.05, 4.69) is 10.6 Å². The first-order valence-electron chi connectivity index (χ1n) is 9.31. The number of carbonyl (C=O) groups excluding carboxylic acids is 3. The number of carbonyl (C=O) groups is 3. The lowest BCUT2D eigenvalue weighted by molar-refractivity contribution is -0.130. The molecule has 4 rings (SSSR count). The average molecular weight is 430 g/mol. The average Bonchev–Trinajstić information content (AvgIpc) is 3.26. The molecule has 2 aromatic rings. The van der Waals surface area contributed by atoms with Gasteiger partial charge in [0.1, 0.15) is 17.5 Å². The van der Waals surface area contributed by atoms with Gasteiger partial charge < -0.3 is 15.5 Å². The van der Waals surface area contributed by atoms with E-state index in [0.29, 0.717) is 22.9 Å². The van der Waals surface area contributed by atoms with Gasteiger partial charge >= 0.3 is 0 Å². The second kappa shape index (κ2) is 8.08. The molecule has 1 fully saturated rings. The molecule has 1 saturated heterocycles. The summed E-state index contributed by atoms with van der Waals surface area (Å²) < 4.78 is 0. The minimum absolute atomic E-state index is 0.131. The van der Waals surface area contributed by atoms with Crippen LogP contribution >= 0.6 is 23.4 Å². The summed E-state index contributed by atoms with van der Waals surface area (Å²) in [6, 6.07) is 13.3. The van der Waals surface area contributed by atoms with E-state index < -0.39 is 12.1 Å². The molecule has 2 heterocycles. The van der Waals surface area contributed by atoms with E-state index in [9.17, 15) is 14.4 Å². The quantitative estimate of drug-likeness (QED) is 0.766. The van der Waals surface area contributed by atoms with E-state index in [1.807, 2.05) is 30.3 Å². The van der Waals surface area contributed by atoms with Gasteiger partial charge in [0.2, 0.25) is 11.8 Å². The van der Waals surface area contributed by atoms with Crippen molar-refractivity contribution in [2.45, 2.75) is 30.9 Å². The fourth-order valence-electron chi connectivity index (χ4n) is 3.61. The first-order valence-corrected chi connectivity index (χ1v) is 10.7. The lowest BCUT2D eigenvalue weighted by Crippen LogP contribution is -2.52. The summed E-state index contributed by atoms with van der Waals surface area (Å²) in [5.74, 6) is -0.232. The molecule has 0 spiro atoms. The third-order valence-electron chi connectivity index (χ3n) is 5.10. The van der Waals surface area contributed by atoms with Crippen LogP contribution in [-0.4, -0.2) is 40.5 Å². The molecule has 6 nitrogen and oxygen atoms in total. The summed E-state index contributed by atoms with van der Waals surface area (Å²) in [4.78, 5) is 39.5. The van der Waals surface area contributed by atoms with Crippen molar-refractivity contribution in [3.8, 4) is 0 Å². The van der Waals surface area contributed by atoms with Gasteiger partial charge in [0.05, 0.1) is 0 Å². The summed E-state index contributed by atoms with van der Waals surface area (Å²) in [6.07, 6.45) is 0. The predicted octanol–water partition coefficient (Wildman–Crippen LogP) is 2.73. The van der Waals surface area contributed by atoms with Gasteiger partial charge in [-0.25, -0.2) is 0 Å². The second-order valence-electron chi connectivity index (χ2n) is 7.08. The first kappa shape index (κ1) is 19.8. The van der Waals surface area contributed by atoms with E-state index in [0.717, 1.165) is 11.1 Å². The molecular formula is C21H20ClN3O3S. The lowest BCUT2D eigenvalue weighted by atomic mass is 10.1. The van der Waals surface area contributed by atoms with Crippen molar-refractivity contribution in [2.75, 3.05) is 5.75 Å². The van der Waals surface area contributed by atoms with Crippen LogP contribution in [-0.2, 0) is 16.1 Å². The maximum Gasteiger partial charge on any atom is 0.256 e. The lowest BCUT2D eigenvalue weighted by Gasteiger charge is -2.24. The number of thioether (sulfide) groups is 1.